The molecule has 5 nitrogen and oxygen atoms in total. The number of hydrogen-bond acceptors (Lipinski definition) is 4. The number of nitrogens with one attached hydrogen (secondary N) is 1. The maximum Gasteiger partial charge on any atom is 0.420 e. The van der Waals surface area contributed by atoms with Crippen molar-refractivity contribution in [1.82, 2.24) is 14.7 Å². The molecule has 0 aliphatic rings. The second-order valence-electron chi connectivity index (χ2n) is 5.31. The number of thiophene rings is 1. The quantitative estimate of drug-likeness (QED) is 0.647. The van der Waals surface area contributed by atoms with Gasteiger partial charge in [-0.05, 0) is 17.5 Å². The predicted octanol–water partition coefficient (Wildman–Crippen LogP) is 3.34. The topological polar surface area (TPSA) is 66.6 Å². The minimum absolute atomic E-state index is 0.0197. The molecule has 0 aliphatic heterocycles. The number of nitrogens with zero attached hydrogens (tertiary/aromatic N) is 2. The average Bonchev–Trinajstić information content (AvgIpc) is 3.25. The minimum Gasteiger partial charge on any atom is -0.384 e. The number of carbonyl (C=O) groups is 1. The maximum absolute atomic E-state index is 13.4. The highest BCUT2D eigenvalue weighted by Gasteiger charge is 2.35. The molecular weight excluding hydrogens is 403 g/mol. The normalized spacial score (nSPS) is 11.3. The Balaban J connectivity index is 2.05. The number of rotatable bonds is 3. The van der Waals surface area contributed by atoms with Crippen molar-refractivity contribution in [1.29, 1.82) is 0 Å². The van der Waals surface area contributed by atoms with Crippen LogP contribution in [0.4, 0.5) is 13.2 Å². The first-order valence-corrected chi connectivity index (χ1v) is 8.76. The molecule has 3 heterocycles. The Kier molecular flexibility index (Phi) is 5.41. The molecule has 0 saturated carbocycles. The fourth-order valence-electron chi connectivity index (χ4n) is 2.34. The maximum atomic E-state index is 13.4. The number of halogens is 4. The largest absolute Gasteiger partial charge is 0.420 e. The smallest absolute Gasteiger partial charge is 0.384 e. The molecule has 0 spiro atoms. The van der Waals surface area contributed by atoms with E-state index in [0.717, 1.165) is 15.3 Å². The molecule has 1 amide bonds. The zero-order valence-corrected chi connectivity index (χ0v) is 15.0. The van der Waals surface area contributed by atoms with Crippen LogP contribution in [0.1, 0.15) is 26.5 Å². The second kappa shape index (κ2) is 7.60. The molecule has 0 radical (unpaired) electrons. The van der Waals surface area contributed by atoms with Crippen molar-refractivity contribution in [2.24, 2.45) is 0 Å². The number of alkyl halides is 3. The van der Waals surface area contributed by atoms with Crippen LogP contribution in [0.25, 0.3) is 5.65 Å². The summed E-state index contributed by atoms with van der Waals surface area (Å²) in [6, 6.07) is 4.42. The zero-order chi connectivity index (χ0) is 19.6. The highest BCUT2D eigenvalue weighted by atomic mass is 35.5. The van der Waals surface area contributed by atoms with E-state index in [1.54, 1.807) is 0 Å². The summed E-state index contributed by atoms with van der Waals surface area (Å²) in [5.41, 5.74) is -1.91. The van der Waals surface area contributed by atoms with Crippen LogP contribution in [0.15, 0.2) is 29.8 Å². The Labute approximate surface area is 160 Å². The van der Waals surface area contributed by atoms with E-state index in [-0.39, 0.29) is 23.0 Å². The lowest BCUT2D eigenvalue weighted by Gasteiger charge is -2.09. The summed E-state index contributed by atoms with van der Waals surface area (Å²) in [6.45, 7) is -0.298. The van der Waals surface area contributed by atoms with E-state index < -0.39 is 29.9 Å². The molecule has 0 aromatic carbocycles. The highest BCUT2D eigenvalue weighted by molar-refractivity contribution is 7.09. The standard InChI is InChI=1S/C17H11ClF3N3O2S/c18-14-13(16(26)22-8-11-4-2-6-27-11)23-15-12(17(19,20)21)7-10(3-1-5-25)9-24(14)15/h2,4,6-7,9,25H,5,8H2,(H,22,26). The van der Waals surface area contributed by atoms with E-state index in [1.165, 1.54) is 17.5 Å². The first-order valence-electron chi connectivity index (χ1n) is 7.50. The van der Waals surface area contributed by atoms with Gasteiger partial charge in [-0.25, -0.2) is 4.98 Å². The number of aliphatic hydroxyl groups excluding tert-OH is 1. The third-order valence-electron chi connectivity index (χ3n) is 3.50. The summed E-state index contributed by atoms with van der Waals surface area (Å²) in [6.07, 6.45) is -3.49. The van der Waals surface area contributed by atoms with E-state index in [2.05, 4.69) is 22.1 Å². The number of carbonyl (C=O) groups excluding carboxylic acids is 1. The number of imidazole rings is 1. The van der Waals surface area contributed by atoms with E-state index in [4.69, 9.17) is 16.7 Å². The minimum atomic E-state index is -4.72. The molecule has 27 heavy (non-hydrogen) atoms. The Morgan fingerprint density at radius 1 is 1.44 bits per heavy atom. The molecule has 2 N–H and O–H groups in total. The fraction of sp³-hybridized carbons (Fsp3) is 0.176. The Bertz CT molecular complexity index is 1050. The predicted molar refractivity (Wildman–Crippen MR) is 94.7 cm³/mol. The van der Waals surface area contributed by atoms with E-state index >= 15 is 0 Å². The van der Waals surface area contributed by atoms with Crippen LogP contribution in [0.3, 0.4) is 0 Å². The van der Waals surface area contributed by atoms with Gasteiger partial charge in [0.05, 0.1) is 6.54 Å². The van der Waals surface area contributed by atoms with Gasteiger partial charge in [-0.1, -0.05) is 29.5 Å². The van der Waals surface area contributed by atoms with Crippen LogP contribution in [0.5, 0.6) is 0 Å². The number of amides is 1. The molecular formula is C17H11ClF3N3O2S. The summed E-state index contributed by atoms with van der Waals surface area (Å²) in [4.78, 5) is 17.0. The summed E-state index contributed by atoms with van der Waals surface area (Å²) in [5.74, 6) is 3.99. The molecule has 0 atom stereocenters. The van der Waals surface area contributed by atoms with Crippen molar-refractivity contribution in [3.63, 3.8) is 0 Å². The van der Waals surface area contributed by atoms with Crippen LogP contribution >= 0.6 is 22.9 Å². The Morgan fingerprint density at radius 3 is 2.85 bits per heavy atom. The highest BCUT2D eigenvalue weighted by Crippen LogP contribution is 2.34. The van der Waals surface area contributed by atoms with E-state index in [1.807, 2.05) is 17.5 Å². The molecule has 0 saturated heterocycles. The summed E-state index contributed by atoms with van der Waals surface area (Å²) < 4.78 is 41.2. The number of pyridine rings is 1. The monoisotopic (exact) mass is 413 g/mol. The van der Waals surface area contributed by atoms with Gasteiger partial charge in [0.1, 0.15) is 17.3 Å². The van der Waals surface area contributed by atoms with Gasteiger partial charge in [-0.3, -0.25) is 9.20 Å². The molecule has 3 rings (SSSR count). The summed E-state index contributed by atoms with van der Waals surface area (Å²) in [5, 5.41) is 12.9. The first-order chi connectivity index (χ1) is 12.8. The third kappa shape index (κ3) is 4.08. The van der Waals surface area contributed by atoms with E-state index in [9.17, 15) is 18.0 Å². The lowest BCUT2D eigenvalue weighted by Crippen LogP contribution is -2.23. The Hall–Kier alpha value is -2.54. The molecule has 3 aromatic heterocycles. The zero-order valence-electron chi connectivity index (χ0n) is 13.5. The van der Waals surface area contributed by atoms with Crippen molar-refractivity contribution in [2.45, 2.75) is 12.7 Å². The van der Waals surface area contributed by atoms with Gasteiger partial charge < -0.3 is 10.4 Å². The van der Waals surface area contributed by atoms with Crippen molar-refractivity contribution in [3.05, 3.63) is 56.6 Å². The first kappa shape index (κ1) is 19.2. The van der Waals surface area contributed by atoms with Gasteiger partial charge in [0, 0.05) is 16.6 Å². The van der Waals surface area contributed by atoms with Gasteiger partial charge in [0.25, 0.3) is 5.91 Å². The van der Waals surface area contributed by atoms with Gasteiger partial charge in [-0.2, -0.15) is 13.2 Å². The average molecular weight is 414 g/mol. The van der Waals surface area contributed by atoms with E-state index in [0.29, 0.717) is 0 Å². The van der Waals surface area contributed by atoms with Crippen LogP contribution in [0.2, 0.25) is 5.15 Å². The van der Waals surface area contributed by atoms with Gasteiger partial charge >= 0.3 is 6.18 Å². The van der Waals surface area contributed by atoms with Crippen LogP contribution in [-0.4, -0.2) is 27.0 Å². The number of aliphatic hydroxyl groups is 1. The van der Waals surface area contributed by atoms with Crippen LogP contribution < -0.4 is 5.32 Å². The molecule has 0 aliphatic carbocycles. The fourth-order valence-corrected chi connectivity index (χ4v) is 3.25. The van der Waals surface area contributed by atoms with Crippen LogP contribution in [-0.2, 0) is 12.7 Å². The van der Waals surface area contributed by atoms with Gasteiger partial charge in [-0.15, -0.1) is 11.3 Å². The molecule has 10 heteroatoms. The molecule has 0 fully saturated rings. The van der Waals surface area contributed by atoms with Crippen molar-refractivity contribution in [3.8, 4) is 11.8 Å². The number of hydrogen-bond donors (Lipinski definition) is 2. The molecule has 3 aromatic rings. The Morgan fingerprint density at radius 2 is 2.22 bits per heavy atom. The lowest BCUT2D eigenvalue weighted by atomic mass is 10.2. The van der Waals surface area contributed by atoms with Gasteiger partial charge in [0.15, 0.2) is 11.3 Å². The van der Waals surface area contributed by atoms with Crippen molar-refractivity contribution >= 4 is 34.5 Å². The van der Waals surface area contributed by atoms with Crippen molar-refractivity contribution in [2.75, 3.05) is 6.61 Å². The SMILES string of the molecule is O=C(NCc1cccs1)c1nc2c(C(F)(F)F)cc(C#CCO)cn2c1Cl. The van der Waals surface area contributed by atoms with Crippen LogP contribution in [0, 0.1) is 11.8 Å². The van der Waals surface area contributed by atoms with Crippen molar-refractivity contribution < 1.29 is 23.1 Å². The molecule has 0 unspecified atom stereocenters. The summed E-state index contributed by atoms with van der Waals surface area (Å²) in [7, 11) is 0. The number of aromatic nitrogens is 2. The molecule has 0 bridgehead atoms. The molecule has 140 valence electrons. The summed E-state index contributed by atoms with van der Waals surface area (Å²) >= 11 is 7.54. The second-order valence-corrected chi connectivity index (χ2v) is 6.70. The third-order valence-corrected chi connectivity index (χ3v) is 4.73. The lowest BCUT2D eigenvalue weighted by molar-refractivity contribution is -0.136. The van der Waals surface area contributed by atoms with Gasteiger partial charge in [0.2, 0.25) is 0 Å². The number of fused-ring (bicyclic) bond motifs is 1.